The van der Waals surface area contributed by atoms with Gasteiger partial charge in [-0.15, -0.1) is 0 Å². The van der Waals surface area contributed by atoms with Crippen LogP contribution in [-0.4, -0.2) is 48.0 Å². The van der Waals surface area contributed by atoms with Crippen molar-refractivity contribution in [2.75, 3.05) is 0 Å². The van der Waals surface area contributed by atoms with Crippen molar-refractivity contribution >= 4 is 11.0 Å². The van der Waals surface area contributed by atoms with Crippen molar-refractivity contribution < 1.29 is 52.6 Å². The minimum absolute atomic E-state index is 0. The number of hydrogen-bond acceptors (Lipinski definition) is 7. The number of rotatable bonds is 11. The summed E-state index contributed by atoms with van der Waals surface area (Å²) in [5, 5.41) is 68.4. The molecule has 0 radical (unpaired) electrons. The maximum atomic E-state index is 10.1. The summed E-state index contributed by atoms with van der Waals surface area (Å²) in [4.78, 5) is 0. The van der Waals surface area contributed by atoms with Gasteiger partial charge in [-0.3, -0.25) is 0 Å². The molecule has 342 valence electrons. The van der Waals surface area contributed by atoms with Crippen LogP contribution in [0.3, 0.4) is 0 Å². The lowest BCUT2D eigenvalue weighted by Crippen LogP contribution is -3.00. The summed E-state index contributed by atoms with van der Waals surface area (Å²) in [5.74, 6) is -0.953. The predicted octanol–water partition coefficient (Wildman–Crippen LogP) is 10.3. The summed E-state index contributed by atoms with van der Waals surface area (Å²) >= 11 is 0. The average Bonchev–Trinajstić information content (AvgIpc) is 3.16. The molecule has 8 nitrogen and oxygen atoms in total. The molecule has 2 aromatic carbocycles. The first-order valence-electron chi connectivity index (χ1n) is 21.4. The summed E-state index contributed by atoms with van der Waals surface area (Å²) in [6, 6.07) is 7.63. The van der Waals surface area contributed by atoms with Crippen LogP contribution in [0.25, 0.3) is 22.3 Å². The van der Waals surface area contributed by atoms with E-state index < -0.39 is 0 Å². The molecule has 3 atom stereocenters. The van der Waals surface area contributed by atoms with E-state index in [1.54, 1.807) is 0 Å². The van der Waals surface area contributed by atoms with Crippen LogP contribution in [-0.2, 0) is 0 Å². The standard InChI is InChI=1S/C40H56O2.C15H10O6.ClH/c1-29(17-13-19-31(3)21-23-37-33(5)25-35(41)27-39(37,7)8)15-11-12-16-30(2)18-14-20-32(4)22-24-38-34(6)26-36(42)28-40(38,9)10;16-8-4-11(18)9-6-13(20)15(21-14(9)5-8)7-1-2-10(17)12(19)3-7;/h11-25,35-37,41-42H,26-28H2,1-10H3;1-6H,(H4-,16,17,18,19,20);1H/b12-11+,17-13+,18-14+,23-21+,24-22+,29-15+,30-16+,31-19+,32-20+;;/t35-,36+,37-;;/m0../s1. The van der Waals surface area contributed by atoms with Crippen molar-refractivity contribution in [2.24, 2.45) is 16.7 Å². The monoisotopic (exact) mass is 890 g/mol. The maximum Gasteiger partial charge on any atom is 0.402 e. The second kappa shape index (κ2) is 23.2. The van der Waals surface area contributed by atoms with Gasteiger partial charge in [-0.05, 0) is 89.3 Å². The quantitative estimate of drug-likeness (QED) is 0.0435. The number of aromatic hydroxyl groups is 5. The molecule has 2 aliphatic rings. The summed E-state index contributed by atoms with van der Waals surface area (Å²) in [7, 11) is 0. The highest BCUT2D eigenvalue weighted by Gasteiger charge is 2.34. The largest absolute Gasteiger partial charge is 1.00 e. The van der Waals surface area contributed by atoms with Crippen LogP contribution >= 0.6 is 0 Å². The summed E-state index contributed by atoms with van der Waals surface area (Å²) < 4.78 is 5.47. The van der Waals surface area contributed by atoms with E-state index in [9.17, 15) is 35.7 Å². The highest BCUT2D eigenvalue weighted by molar-refractivity contribution is 5.88. The molecule has 0 saturated heterocycles. The molecule has 9 heteroatoms. The number of benzene rings is 2. The van der Waals surface area contributed by atoms with Crippen LogP contribution in [0.4, 0.5) is 0 Å². The van der Waals surface area contributed by atoms with Crippen LogP contribution in [0.15, 0.2) is 171 Å². The van der Waals surface area contributed by atoms with E-state index in [1.165, 1.54) is 69.3 Å². The lowest BCUT2D eigenvalue weighted by Gasteiger charge is -2.38. The van der Waals surface area contributed by atoms with Crippen molar-refractivity contribution in [3.05, 3.63) is 167 Å². The Kier molecular flexibility index (Phi) is 19.1. The van der Waals surface area contributed by atoms with Gasteiger partial charge >= 0.3 is 11.3 Å². The summed E-state index contributed by atoms with van der Waals surface area (Å²) in [5.41, 5.74) is 9.22. The Hall–Kier alpha value is -5.80. The second-order valence-corrected chi connectivity index (χ2v) is 18.3. The van der Waals surface area contributed by atoms with Crippen molar-refractivity contribution in [3.8, 4) is 40.1 Å². The molecule has 0 amide bonds. The van der Waals surface area contributed by atoms with E-state index in [4.69, 9.17) is 4.42 Å². The number of fused-ring (bicyclic) bond motifs is 1. The molecule has 0 fully saturated rings. The van der Waals surface area contributed by atoms with Crippen LogP contribution in [0.1, 0.15) is 88.5 Å². The molecule has 0 saturated carbocycles. The normalized spacial score (nSPS) is 21.0. The number of halogens is 1. The molecule has 64 heavy (non-hydrogen) atoms. The molecule has 1 heterocycles. The molecular weight excluding hydrogens is 824 g/mol. The molecule has 7 N–H and O–H groups in total. The van der Waals surface area contributed by atoms with Crippen molar-refractivity contribution in [1.29, 1.82) is 0 Å². The fraction of sp³-hybridized carbons (Fsp3) is 0.327. The highest BCUT2D eigenvalue weighted by atomic mass is 35.5. The first kappa shape index (κ1) is 52.5. The Morgan fingerprint density at radius 3 is 1.81 bits per heavy atom. The summed E-state index contributed by atoms with van der Waals surface area (Å²) in [6.07, 6.45) is 33.8. The van der Waals surface area contributed by atoms with Gasteiger partial charge < -0.3 is 48.2 Å². The number of allylic oxidation sites excluding steroid dienone is 20. The molecule has 5 rings (SSSR count). The van der Waals surface area contributed by atoms with Crippen LogP contribution in [0.2, 0.25) is 0 Å². The molecule has 0 unspecified atom stereocenters. The number of phenolic OH excluding ortho intramolecular Hbond substituents is 4. The lowest BCUT2D eigenvalue weighted by molar-refractivity contribution is -0.0000271. The Bertz CT molecular complexity index is 2480. The van der Waals surface area contributed by atoms with E-state index in [-0.39, 0.29) is 80.9 Å². The van der Waals surface area contributed by atoms with Gasteiger partial charge in [0.15, 0.2) is 11.5 Å². The predicted molar refractivity (Wildman–Crippen MR) is 258 cm³/mol. The zero-order chi connectivity index (χ0) is 46.6. The van der Waals surface area contributed by atoms with Crippen LogP contribution in [0, 0.1) is 16.7 Å². The summed E-state index contributed by atoms with van der Waals surface area (Å²) in [6.45, 7) is 21.6. The first-order valence-corrected chi connectivity index (χ1v) is 21.4. The van der Waals surface area contributed by atoms with Gasteiger partial charge in [0.2, 0.25) is 5.75 Å². The van der Waals surface area contributed by atoms with Gasteiger partial charge in [-0.25, -0.2) is 4.42 Å². The van der Waals surface area contributed by atoms with Gasteiger partial charge in [0.05, 0.1) is 23.8 Å². The second-order valence-electron chi connectivity index (χ2n) is 18.3. The third kappa shape index (κ3) is 15.2. The van der Waals surface area contributed by atoms with E-state index in [1.807, 2.05) is 6.08 Å². The lowest BCUT2D eigenvalue weighted by atomic mass is 9.67. The Morgan fingerprint density at radius 2 is 1.23 bits per heavy atom. The first-order chi connectivity index (χ1) is 29.6. The SMILES string of the molecule is CC1=C[C@H](O)CC(C)(C)[C@H]1/C=C/C(C)=C/C=C/C(C)=C/C=C/C=C(C)/C=C/C=C(C)/C=C/C1=C(C)C[C@@H](O)CC1(C)C.Oc1cc(O)c2cc(O)c(-c3ccc(O)c(O)c3)[o+]c2c1.[Cl-]. The fourth-order valence-electron chi connectivity index (χ4n) is 8.21. The fourth-order valence-corrected chi connectivity index (χ4v) is 8.21. The van der Waals surface area contributed by atoms with E-state index in [0.717, 1.165) is 25.3 Å². The van der Waals surface area contributed by atoms with E-state index >= 15 is 0 Å². The van der Waals surface area contributed by atoms with Gasteiger partial charge in [-0.2, -0.15) is 0 Å². The average molecular weight is 892 g/mol. The van der Waals surface area contributed by atoms with Gasteiger partial charge in [0.1, 0.15) is 16.9 Å². The van der Waals surface area contributed by atoms with Crippen LogP contribution < -0.4 is 12.4 Å². The molecule has 1 aromatic heterocycles. The maximum absolute atomic E-state index is 10.1. The molecule has 0 aliphatic heterocycles. The number of phenols is 4. The molecule has 0 bridgehead atoms. The smallest absolute Gasteiger partial charge is 0.402 e. The Morgan fingerprint density at radius 1 is 0.656 bits per heavy atom. The van der Waals surface area contributed by atoms with E-state index in [2.05, 4.69) is 154 Å². The zero-order valence-corrected chi connectivity index (χ0v) is 39.7. The zero-order valence-electron chi connectivity index (χ0n) is 38.9. The molecular formula is C55H67ClO8. The van der Waals surface area contributed by atoms with Gasteiger partial charge in [0.25, 0.3) is 0 Å². The number of aliphatic hydroxyl groups is 2. The molecule has 3 aromatic rings. The van der Waals surface area contributed by atoms with Crippen molar-refractivity contribution in [3.63, 3.8) is 0 Å². The Balaban J connectivity index is 0.000000411. The minimum Gasteiger partial charge on any atom is -1.00 e. The number of aliphatic hydroxyl groups excluding tert-OH is 2. The van der Waals surface area contributed by atoms with Crippen molar-refractivity contribution in [1.82, 2.24) is 0 Å². The molecule has 2 aliphatic carbocycles. The van der Waals surface area contributed by atoms with E-state index in [0.29, 0.717) is 11.5 Å². The molecule has 0 spiro atoms. The number of hydrogen-bond donors (Lipinski definition) is 7. The third-order valence-corrected chi connectivity index (χ3v) is 11.4. The Labute approximate surface area is 386 Å². The third-order valence-electron chi connectivity index (χ3n) is 11.4. The van der Waals surface area contributed by atoms with Crippen molar-refractivity contribution in [2.45, 2.75) is 101 Å². The van der Waals surface area contributed by atoms with Gasteiger partial charge in [0, 0.05) is 24.1 Å². The highest BCUT2D eigenvalue weighted by Crippen LogP contribution is 2.43. The van der Waals surface area contributed by atoms with Gasteiger partial charge in [-0.1, -0.05) is 152 Å². The minimum atomic E-state index is -0.360. The van der Waals surface area contributed by atoms with Crippen LogP contribution in [0.5, 0.6) is 28.7 Å². The topological polar surface area (TPSA) is 153 Å².